The molecule has 0 radical (unpaired) electrons. The number of rotatable bonds is 3. The van der Waals surface area contributed by atoms with E-state index in [0.29, 0.717) is 12.6 Å². The molecule has 1 amide bonds. The van der Waals surface area contributed by atoms with E-state index in [1.54, 1.807) is 0 Å². The molecule has 110 valence electrons. The number of hydrogen-bond donors (Lipinski definition) is 2. The molecule has 0 bridgehead atoms. The zero-order valence-electron chi connectivity index (χ0n) is 12.0. The highest BCUT2D eigenvalue weighted by atomic mass is 127. The van der Waals surface area contributed by atoms with Crippen LogP contribution in [-0.4, -0.2) is 36.0 Å². The van der Waals surface area contributed by atoms with E-state index < -0.39 is 0 Å². The fourth-order valence-electron chi connectivity index (χ4n) is 2.63. The summed E-state index contributed by atoms with van der Waals surface area (Å²) in [4.78, 5) is 14.4. The standard InChI is InChI=1S/C15H22IN3O/c1-10-7-12(16)3-4-14(10)18-15(20)9-19-6-5-13(17)8-11(19)2/h3-4,7,11,13H,5-6,8-9,17H2,1-2H3,(H,18,20). The van der Waals surface area contributed by atoms with E-state index in [1.807, 2.05) is 19.1 Å². The molecule has 5 heteroatoms. The van der Waals surface area contributed by atoms with Crippen molar-refractivity contribution in [1.82, 2.24) is 4.90 Å². The predicted molar refractivity (Wildman–Crippen MR) is 90.8 cm³/mol. The second kappa shape index (κ2) is 6.87. The van der Waals surface area contributed by atoms with Gasteiger partial charge in [0.05, 0.1) is 6.54 Å². The third-order valence-electron chi connectivity index (χ3n) is 3.86. The van der Waals surface area contributed by atoms with Crippen molar-refractivity contribution in [2.45, 2.75) is 38.8 Å². The van der Waals surface area contributed by atoms with E-state index in [0.717, 1.165) is 30.6 Å². The first kappa shape index (κ1) is 15.7. The second-order valence-corrected chi connectivity index (χ2v) is 6.86. The number of anilines is 1. The molecule has 2 atom stereocenters. The quantitative estimate of drug-likeness (QED) is 0.783. The summed E-state index contributed by atoms with van der Waals surface area (Å²) in [6.07, 6.45) is 1.94. The average Bonchev–Trinajstić information content (AvgIpc) is 2.36. The van der Waals surface area contributed by atoms with Crippen LogP contribution in [0.5, 0.6) is 0 Å². The van der Waals surface area contributed by atoms with Crippen molar-refractivity contribution in [2.75, 3.05) is 18.4 Å². The number of benzene rings is 1. The second-order valence-electron chi connectivity index (χ2n) is 5.61. The van der Waals surface area contributed by atoms with Gasteiger partial charge < -0.3 is 11.1 Å². The highest BCUT2D eigenvalue weighted by molar-refractivity contribution is 14.1. The fraction of sp³-hybridized carbons (Fsp3) is 0.533. The van der Waals surface area contributed by atoms with Gasteiger partial charge in [0.25, 0.3) is 0 Å². The van der Waals surface area contributed by atoms with Gasteiger partial charge in [0.15, 0.2) is 0 Å². The Balaban J connectivity index is 1.92. The Kier molecular flexibility index (Phi) is 5.40. The number of amides is 1. The molecule has 1 aromatic rings. The van der Waals surface area contributed by atoms with Crippen LogP contribution in [0.15, 0.2) is 18.2 Å². The Morgan fingerprint density at radius 2 is 2.30 bits per heavy atom. The van der Waals surface area contributed by atoms with Crippen molar-refractivity contribution < 1.29 is 4.79 Å². The number of likely N-dealkylation sites (tertiary alicyclic amines) is 1. The summed E-state index contributed by atoms with van der Waals surface area (Å²) >= 11 is 2.27. The van der Waals surface area contributed by atoms with E-state index in [-0.39, 0.29) is 11.9 Å². The number of hydrogen-bond acceptors (Lipinski definition) is 3. The van der Waals surface area contributed by atoms with E-state index >= 15 is 0 Å². The number of nitrogens with zero attached hydrogens (tertiary/aromatic N) is 1. The molecule has 3 N–H and O–H groups in total. The van der Waals surface area contributed by atoms with Crippen LogP contribution in [0.25, 0.3) is 0 Å². The van der Waals surface area contributed by atoms with E-state index in [9.17, 15) is 4.79 Å². The van der Waals surface area contributed by atoms with Crippen LogP contribution < -0.4 is 11.1 Å². The topological polar surface area (TPSA) is 58.4 Å². The zero-order chi connectivity index (χ0) is 14.7. The first-order valence-electron chi connectivity index (χ1n) is 7.01. The molecule has 20 heavy (non-hydrogen) atoms. The molecular formula is C15H22IN3O. The largest absolute Gasteiger partial charge is 0.328 e. The minimum atomic E-state index is 0.0524. The van der Waals surface area contributed by atoms with Gasteiger partial charge in [0.2, 0.25) is 5.91 Å². The molecule has 1 aliphatic rings. The molecule has 1 aliphatic heterocycles. The van der Waals surface area contributed by atoms with Gasteiger partial charge in [0.1, 0.15) is 0 Å². The smallest absolute Gasteiger partial charge is 0.238 e. The van der Waals surface area contributed by atoms with Crippen LogP contribution in [0.4, 0.5) is 5.69 Å². The Morgan fingerprint density at radius 1 is 1.55 bits per heavy atom. The molecule has 1 fully saturated rings. The number of carbonyl (C=O) groups excluding carboxylic acids is 1. The fourth-order valence-corrected chi connectivity index (χ4v) is 3.28. The van der Waals surface area contributed by atoms with Crippen molar-refractivity contribution in [3.63, 3.8) is 0 Å². The number of carbonyl (C=O) groups is 1. The molecule has 4 nitrogen and oxygen atoms in total. The number of halogens is 1. The van der Waals surface area contributed by atoms with Crippen molar-refractivity contribution in [1.29, 1.82) is 0 Å². The SMILES string of the molecule is Cc1cc(I)ccc1NC(=O)CN1CCC(N)CC1C. The van der Waals surface area contributed by atoms with Gasteiger partial charge in [-0.3, -0.25) is 9.69 Å². The summed E-state index contributed by atoms with van der Waals surface area (Å²) < 4.78 is 1.18. The van der Waals surface area contributed by atoms with Crippen molar-refractivity contribution in [3.8, 4) is 0 Å². The van der Waals surface area contributed by atoms with E-state index in [4.69, 9.17) is 5.73 Å². The Hall–Kier alpha value is -0.660. The summed E-state index contributed by atoms with van der Waals surface area (Å²) in [7, 11) is 0. The molecule has 0 spiro atoms. The average molecular weight is 387 g/mol. The van der Waals surface area contributed by atoms with Crippen LogP contribution in [0.1, 0.15) is 25.3 Å². The first-order valence-corrected chi connectivity index (χ1v) is 8.09. The minimum Gasteiger partial charge on any atom is -0.328 e. The van der Waals surface area contributed by atoms with Gasteiger partial charge in [-0.15, -0.1) is 0 Å². The van der Waals surface area contributed by atoms with Gasteiger partial charge in [-0.1, -0.05) is 0 Å². The molecular weight excluding hydrogens is 365 g/mol. The number of nitrogens with one attached hydrogen (secondary N) is 1. The summed E-state index contributed by atoms with van der Waals surface area (Å²) in [5.74, 6) is 0.0524. The lowest BCUT2D eigenvalue weighted by molar-refractivity contribution is -0.118. The lowest BCUT2D eigenvalue weighted by Crippen LogP contribution is -2.48. The van der Waals surface area contributed by atoms with Crippen molar-refractivity contribution in [3.05, 3.63) is 27.3 Å². The molecule has 2 unspecified atom stereocenters. The molecule has 2 rings (SSSR count). The third-order valence-corrected chi connectivity index (χ3v) is 4.53. The summed E-state index contributed by atoms with van der Waals surface area (Å²) in [5.41, 5.74) is 7.94. The molecule has 1 saturated heterocycles. The van der Waals surface area contributed by atoms with Gasteiger partial charge >= 0.3 is 0 Å². The predicted octanol–water partition coefficient (Wildman–Crippen LogP) is 2.35. The highest BCUT2D eigenvalue weighted by Gasteiger charge is 2.24. The van der Waals surface area contributed by atoms with Gasteiger partial charge in [-0.05, 0) is 73.0 Å². The highest BCUT2D eigenvalue weighted by Crippen LogP contribution is 2.19. The number of piperidine rings is 1. The summed E-state index contributed by atoms with van der Waals surface area (Å²) in [5, 5.41) is 3.00. The van der Waals surface area contributed by atoms with Crippen molar-refractivity contribution in [2.24, 2.45) is 5.73 Å². The van der Waals surface area contributed by atoms with Crippen LogP contribution in [-0.2, 0) is 4.79 Å². The summed E-state index contributed by atoms with van der Waals surface area (Å²) in [6.45, 7) is 5.50. The van der Waals surface area contributed by atoms with Crippen molar-refractivity contribution >= 4 is 34.2 Å². The van der Waals surface area contributed by atoms with E-state index in [1.165, 1.54) is 3.57 Å². The minimum absolute atomic E-state index is 0.0524. The number of aryl methyl sites for hydroxylation is 1. The van der Waals surface area contributed by atoms with E-state index in [2.05, 4.69) is 45.8 Å². The molecule has 1 aromatic carbocycles. The van der Waals surface area contributed by atoms with Gasteiger partial charge in [-0.2, -0.15) is 0 Å². The molecule has 0 aromatic heterocycles. The molecule has 1 heterocycles. The van der Waals surface area contributed by atoms with Crippen LogP contribution >= 0.6 is 22.6 Å². The maximum atomic E-state index is 12.2. The maximum Gasteiger partial charge on any atom is 0.238 e. The van der Waals surface area contributed by atoms with Crippen LogP contribution in [0.2, 0.25) is 0 Å². The molecule has 0 saturated carbocycles. The number of nitrogens with two attached hydrogens (primary N) is 1. The van der Waals surface area contributed by atoms with Crippen LogP contribution in [0, 0.1) is 10.5 Å². The Bertz CT molecular complexity index is 492. The maximum absolute atomic E-state index is 12.2. The molecule has 0 aliphatic carbocycles. The Labute approximate surface area is 134 Å². The Morgan fingerprint density at radius 3 is 2.95 bits per heavy atom. The van der Waals surface area contributed by atoms with Gasteiger partial charge in [0, 0.05) is 27.9 Å². The summed E-state index contributed by atoms with van der Waals surface area (Å²) in [6, 6.07) is 6.69. The lowest BCUT2D eigenvalue weighted by Gasteiger charge is -2.35. The first-order chi connectivity index (χ1) is 9.45. The monoisotopic (exact) mass is 387 g/mol. The van der Waals surface area contributed by atoms with Crippen LogP contribution in [0.3, 0.4) is 0 Å². The zero-order valence-corrected chi connectivity index (χ0v) is 14.2. The lowest BCUT2D eigenvalue weighted by atomic mass is 9.99. The van der Waals surface area contributed by atoms with Gasteiger partial charge in [-0.25, -0.2) is 0 Å². The normalized spacial score (nSPS) is 23.6. The third kappa shape index (κ3) is 4.17.